The number of hydrogen-bond donors (Lipinski definition) is 3. The maximum atomic E-state index is 12.3. The topological polar surface area (TPSA) is 90.5 Å². The number of hydrazine groups is 1. The molecule has 7 nitrogen and oxygen atoms in total. The van der Waals surface area contributed by atoms with E-state index in [1.54, 1.807) is 19.1 Å². The molecule has 1 aromatic rings. The highest BCUT2D eigenvalue weighted by atomic mass is 35.5. The first kappa shape index (κ1) is 20.9. The van der Waals surface area contributed by atoms with Gasteiger partial charge < -0.3 is 5.32 Å². The summed E-state index contributed by atoms with van der Waals surface area (Å²) in [7, 11) is -3.28. The second-order valence-corrected chi connectivity index (χ2v) is 9.12. The van der Waals surface area contributed by atoms with E-state index in [0.29, 0.717) is 31.0 Å². The van der Waals surface area contributed by atoms with E-state index in [4.69, 9.17) is 23.8 Å². The van der Waals surface area contributed by atoms with Gasteiger partial charge in [-0.25, -0.2) is 12.7 Å². The highest BCUT2D eigenvalue weighted by Gasteiger charge is 2.31. The number of hydrogen-bond acceptors (Lipinski definition) is 4. The predicted molar refractivity (Wildman–Crippen MR) is 106 cm³/mol. The molecule has 1 amide bonds. The monoisotopic (exact) mass is 418 g/mol. The average molecular weight is 419 g/mol. The van der Waals surface area contributed by atoms with Gasteiger partial charge in [-0.15, -0.1) is 0 Å². The van der Waals surface area contributed by atoms with Crippen LogP contribution in [0.1, 0.15) is 25.3 Å². The average Bonchev–Trinajstić information content (AvgIpc) is 2.65. The number of thiocarbonyl (C=S) groups is 1. The van der Waals surface area contributed by atoms with Gasteiger partial charge >= 0.3 is 0 Å². The van der Waals surface area contributed by atoms with Crippen LogP contribution in [0.15, 0.2) is 24.3 Å². The molecule has 0 bridgehead atoms. The van der Waals surface area contributed by atoms with Crippen LogP contribution in [0, 0.1) is 5.92 Å². The van der Waals surface area contributed by atoms with Crippen molar-refractivity contribution in [2.45, 2.75) is 26.3 Å². The number of carbonyl (C=O) groups is 1. The Morgan fingerprint density at radius 2 is 2.00 bits per heavy atom. The van der Waals surface area contributed by atoms with Gasteiger partial charge in [0.25, 0.3) is 0 Å². The van der Waals surface area contributed by atoms with Gasteiger partial charge in [0.05, 0.1) is 11.7 Å². The molecule has 2 rings (SSSR count). The number of sulfonamides is 1. The Labute approximate surface area is 164 Å². The molecule has 0 radical (unpaired) electrons. The third kappa shape index (κ3) is 6.08. The molecule has 0 aliphatic carbocycles. The minimum atomic E-state index is -3.28. The molecule has 1 aliphatic heterocycles. The van der Waals surface area contributed by atoms with Gasteiger partial charge in [-0.05, 0) is 49.7 Å². The van der Waals surface area contributed by atoms with Crippen LogP contribution < -0.4 is 16.2 Å². The van der Waals surface area contributed by atoms with Crippen molar-refractivity contribution in [3.63, 3.8) is 0 Å². The number of benzene rings is 1. The molecule has 0 unspecified atom stereocenters. The Morgan fingerprint density at radius 3 is 2.65 bits per heavy atom. The zero-order valence-electron chi connectivity index (χ0n) is 14.5. The minimum absolute atomic E-state index is 0.0400. The van der Waals surface area contributed by atoms with Gasteiger partial charge in [-0.2, -0.15) is 0 Å². The van der Waals surface area contributed by atoms with E-state index in [1.807, 2.05) is 12.1 Å². The molecule has 3 N–H and O–H groups in total. The van der Waals surface area contributed by atoms with Crippen molar-refractivity contribution in [3.05, 3.63) is 34.9 Å². The fourth-order valence-corrected chi connectivity index (χ4v) is 4.07. The summed E-state index contributed by atoms with van der Waals surface area (Å²) in [6.45, 7) is 2.76. The third-order valence-corrected chi connectivity index (χ3v) is 6.53. The summed E-state index contributed by atoms with van der Waals surface area (Å²) < 4.78 is 25.3. The molecular weight excluding hydrogens is 396 g/mol. The first-order valence-corrected chi connectivity index (χ1v) is 10.8. The van der Waals surface area contributed by atoms with Crippen LogP contribution in [0.5, 0.6) is 0 Å². The maximum Gasteiger partial charge on any atom is 0.242 e. The first-order chi connectivity index (χ1) is 12.3. The van der Waals surface area contributed by atoms with Gasteiger partial charge in [-0.3, -0.25) is 15.6 Å². The fourth-order valence-electron chi connectivity index (χ4n) is 2.64. The number of amides is 1. The Hall–Kier alpha value is -1.42. The molecule has 1 aromatic carbocycles. The lowest BCUT2D eigenvalue weighted by atomic mass is 9.99. The summed E-state index contributed by atoms with van der Waals surface area (Å²) in [4.78, 5) is 12.3. The van der Waals surface area contributed by atoms with Crippen LogP contribution in [0.25, 0.3) is 0 Å². The smallest absolute Gasteiger partial charge is 0.242 e. The lowest BCUT2D eigenvalue weighted by Crippen LogP contribution is -2.52. The summed E-state index contributed by atoms with van der Waals surface area (Å²) in [5.41, 5.74) is 6.21. The second kappa shape index (κ2) is 9.50. The molecule has 0 saturated carbocycles. The van der Waals surface area contributed by atoms with E-state index >= 15 is 0 Å². The van der Waals surface area contributed by atoms with Crippen molar-refractivity contribution in [2.75, 3.05) is 18.8 Å². The number of carbonyl (C=O) groups excluding carboxylic acids is 1. The van der Waals surface area contributed by atoms with Gasteiger partial charge in [0.1, 0.15) is 0 Å². The van der Waals surface area contributed by atoms with E-state index in [1.165, 1.54) is 4.31 Å². The predicted octanol–water partition coefficient (Wildman–Crippen LogP) is 1.40. The molecule has 1 fully saturated rings. The van der Waals surface area contributed by atoms with Crippen molar-refractivity contribution in [2.24, 2.45) is 5.92 Å². The standard InChI is InChI=1S/C16H23ClN4O3S2/c1-2-26(23,24)21-9-3-4-13(11-21)15(22)19-20-16(25)18-10-12-5-7-14(17)8-6-12/h5-8,13H,2-4,9-11H2,1H3,(H,19,22)(H2,18,20,25)/t13-/m0/s1. The Kier molecular flexibility index (Phi) is 7.63. The normalized spacial score (nSPS) is 18.2. The van der Waals surface area contributed by atoms with E-state index in [-0.39, 0.29) is 23.3 Å². The number of nitrogens with zero attached hydrogens (tertiary/aromatic N) is 1. The van der Waals surface area contributed by atoms with E-state index in [9.17, 15) is 13.2 Å². The highest BCUT2D eigenvalue weighted by Crippen LogP contribution is 2.19. The zero-order chi connectivity index (χ0) is 19.2. The number of halogens is 1. The molecule has 0 spiro atoms. The molecule has 0 aromatic heterocycles. The summed E-state index contributed by atoms with van der Waals surface area (Å²) in [5, 5.41) is 3.92. The van der Waals surface area contributed by atoms with Crippen LogP contribution in [-0.2, 0) is 21.4 Å². The lowest BCUT2D eigenvalue weighted by Gasteiger charge is -2.30. The quantitative estimate of drug-likeness (QED) is 0.494. The molecule has 1 aliphatic rings. The van der Waals surface area contributed by atoms with Crippen LogP contribution in [0.2, 0.25) is 5.02 Å². The first-order valence-electron chi connectivity index (χ1n) is 8.38. The van der Waals surface area contributed by atoms with Crippen molar-refractivity contribution >= 4 is 44.9 Å². The molecule has 1 heterocycles. The van der Waals surface area contributed by atoms with Crippen LogP contribution in [-0.4, -0.2) is 42.6 Å². The highest BCUT2D eigenvalue weighted by molar-refractivity contribution is 7.89. The SMILES string of the molecule is CCS(=O)(=O)N1CCC[C@H](C(=O)NNC(=S)NCc2ccc(Cl)cc2)C1. The number of rotatable bonds is 5. The Morgan fingerprint density at radius 1 is 1.31 bits per heavy atom. The second-order valence-electron chi connectivity index (χ2n) is 6.02. The molecule has 144 valence electrons. The van der Waals surface area contributed by atoms with E-state index in [0.717, 1.165) is 5.56 Å². The van der Waals surface area contributed by atoms with Gasteiger partial charge in [0.15, 0.2) is 5.11 Å². The van der Waals surface area contributed by atoms with E-state index in [2.05, 4.69) is 16.2 Å². The minimum Gasteiger partial charge on any atom is -0.357 e. The zero-order valence-corrected chi connectivity index (χ0v) is 16.9. The molecule has 10 heteroatoms. The summed E-state index contributed by atoms with van der Waals surface area (Å²) in [6.07, 6.45) is 1.31. The Bertz CT molecular complexity index is 740. The fraction of sp³-hybridized carbons (Fsp3) is 0.500. The van der Waals surface area contributed by atoms with Gasteiger partial charge in [0, 0.05) is 24.7 Å². The van der Waals surface area contributed by atoms with Crippen LogP contribution in [0.3, 0.4) is 0 Å². The Balaban J connectivity index is 1.76. The van der Waals surface area contributed by atoms with Crippen LogP contribution >= 0.6 is 23.8 Å². The maximum absolute atomic E-state index is 12.3. The van der Waals surface area contributed by atoms with Crippen molar-refractivity contribution < 1.29 is 13.2 Å². The summed E-state index contributed by atoms with van der Waals surface area (Å²) in [5.74, 6) is -0.619. The summed E-state index contributed by atoms with van der Waals surface area (Å²) in [6, 6.07) is 7.33. The van der Waals surface area contributed by atoms with Crippen molar-refractivity contribution in [1.29, 1.82) is 0 Å². The number of piperidine rings is 1. The van der Waals surface area contributed by atoms with Crippen molar-refractivity contribution in [3.8, 4) is 0 Å². The van der Waals surface area contributed by atoms with Gasteiger partial charge in [-0.1, -0.05) is 23.7 Å². The lowest BCUT2D eigenvalue weighted by molar-refractivity contribution is -0.126. The molecule has 1 atom stereocenters. The largest absolute Gasteiger partial charge is 0.357 e. The number of nitrogens with one attached hydrogen (secondary N) is 3. The third-order valence-electron chi connectivity index (χ3n) is 4.18. The van der Waals surface area contributed by atoms with E-state index < -0.39 is 15.9 Å². The summed E-state index contributed by atoms with van der Waals surface area (Å²) >= 11 is 11.0. The molecule has 26 heavy (non-hydrogen) atoms. The van der Waals surface area contributed by atoms with Crippen molar-refractivity contribution in [1.82, 2.24) is 20.5 Å². The van der Waals surface area contributed by atoms with Crippen LogP contribution in [0.4, 0.5) is 0 Å². The molecular formula is C16H23ClN4O3S2. The molecule has 1 saturated heterocycles. The van der Waals surface area contributed by atoms with Gasteiger partial charge in [0.2, 0.25) is 15.9 Å².